The van der Waals surface area contributed by atoms with E-state index in [1.54, 1.807) is 0 Å². The molecule has 0 aliphatic carbocycles. The maximum atomic E-state index is 11.2. The first-order chi connectivity index (χ1) is 7.13. The Bertz CT molecular complexity index is 205. The van der Waals surface area contributed by atoms with Crippen LogP contribution < -0.4 is 0 Å². The third-order valence-electron chi connectivity index (χ3n) is 2.33. The van der Waals surface area contributed by atoms with Crippen LogP contribution in [-0.4, -0.2) is 31.1 Å². The number of esters is 1. The molecule has 1 saturated heterocycles. The van der Waals surface area contributed by atoms with E-state index >= 15 is 0 Å². The van der Waals surface area contributed by atoms with Crippen molar-refractivity contribution < 1.29 is 19.0 Å². The van der Waals surface area contributed by atoms with E-state index in [1.165, 1.54) is 0 Å². The number of rotatable bonds is 5. The smallest absolute Gasteiger partial charge is 0.310 e. The molecule has 0 aromatic rings. The van der Waals surface area contributed by atoms with Crippen LogP contribution in [0.15, 0.2) is 0 Å². The van der Waals surface area contributed by atoms with Gasteiger partial charge >= 0.3 is 5.97 Å². The van der Waals surface area contributed by atoms with Gasteiger partial charge in [0.25, 0.3) is 0 Å². The van der Waals surface area contributed by atoms with Gasteiger partial charge in [0.15, 0.2) is 0 Å². The summed E-state index contributed by atoms with van der Waals surface area (Å²) in [6.45, 7) is 6.52. The normalized spacial score (nSPS) is 28.6. The molecule has 4 nitrogen and oxygen atoms in total. The van der Waals surface area contributed by atoms with E-state index in [-0.39, 0.29) is 18.2 Å². The highest BCUT2D eigenvalue weighted by Crippen LogP contribution is 2.17. The Labute approximate surface area is 90.9 Å². The fourth-order valence-corrected chi connectivity index (χ4v) is 1.42. The van der Waals surface area contributed by atoms with Gasteiger partial charge < -0.3 is 14.2 Å². The first-order valence-electron chi connectivity index (χ1n) is 5.60. The monoisotopic (exact) mass is 216 g/mol. The fraction of sp³-hybridized carbons (Fsp3) is 0.909. The molecule has 1 unspecified atom stereocenters. The average molecular weight is 216 g/mol. The van der Waals surface area contributed by atoms with E-state index in [4.69, 9.17) is 14.2 Å². The number of hydrogen-bond acceptors (Lipinski definition) is 4. The van der Waals surface area contributed by atoms with Gasteiger partial charge in [0, 0.05) is 6.61 Å². The molecule has 1 rings (SSSR count). The van der Waals surface area contributed by atoms with Gasteiger partial charge in [-0.3, -0.25) is 4.79 Å². The van der Waals surface area contributed by atoms with Crippen LogP contribution in [0.5, 0.6) is 0 Å². The molecule has 15 heavy (non-hydrogen) atoms. The summed E-state index contributed by atoms with van der Waals surface area (Å²) >= 11 is 0. The number of ether oxygens (including phenoxy) is 3. The van der Waals surface area contributed by atoms with Crippen LogP contribution in [0.4, 0.5) is 0 Å². The number of unbranched alkanes of at least 4 members (excludes halogenated alkanes) is 1. The highest BCUT2D eigenvalue weighted by molar-refractivity contribution is 5.70. The van der Waals surface area contributed by atoms with E-state index in [2.05, 4.69) is 6.92 Å². The van der Waals surface area contributed by atoms with Gasteiger partial charge in [-0.2, -0.15) is 0 Å². The molecular formula is C11H20O4. The third-order valence-corrected chi connectivity index (χ3v) is 2.33. The molecule has 88 valence electrons. The van der Waals surface area contributed by atoms with E-state index in [0.717, 1.165) is 12.8 Å². The van der Waals surface area contributed by atoms with Crippen LogP contribution in [0, 0.1) is 0 Å². The zero-order chi connectivity index (χ0) is 11.3. The molecule has 0 N–H and O–H groups in total. The summed E-state index contributed by atoms with van der Waals surface area (Å²) in [6, 6.07) is 0. The van der Waals surface area contributed by atoms with Crippen LogP contribution >= 0.6 is 0 Å². The third kappa shape index (κ3) is 4.18. The lowest BCUT2D eigenvalue weighted by Gasteiger charge is -2.31. The molecule has 0 aromatic heterocycles. The molecule has 3 atom stereocenters. The predicted molar refractivity (Wildman–Crippen MR) is 55.4 cm³/mol. The Morgan fingerprint density at radius 2 is 2.33 bits per heavy atom. The van der Waals surface area contributed by atoms with Gasteiger partial charge in [0.05, 0.1) is 12.5 Å². The number of cyclic esters (lactones) is 1. The molecule has 0 aromatic carbocycles. The number of carbonyl (C=O) groups excluding carboxylic acids is 1. The Morgan fingerprint density at radius 3 is 2.93 bits per heavy atom. The molecule has 0 saturated carbocycles. The molecule has 0 bridgehead atoms. The van der Waals surface area contributed by atoms with Gasteiger partial charge in [0.2, 0.25) is 6.29 Å². The Morgan fingerprint density at radius 1 is 1.60 bits per heavy atom. The summed E-state index contributed by atoms with van der Waals surface area (Å²) < 4.78 is 16.1. The Hall–Kier alpha value is -0.610. The van der Waals surface area contributed by atoms with E-state index in [1.807, 2.05) is 13.8 Å². The van der Waals surface area contributed by atoms with Crippen molar-refractivity contribution in [3.63, 3.8) is 0 Å². The minimum Gasteiger partial charge on any atom is -0.433 e. The van der Waals surface area contributed by atoms with Crippen LogP contribution in [0.3, 0.4) is 0 Å². The fourth-order valence-electron chi connectivity index (χ4n) is 1.42. The van der Waals surface area contributed by atoms with Crippen LogP contribution in [-0.2, 0) is 19.0 Å². The minimum absolute atomic E-state index is 0.0755. The Kier molecular flexibility index (Phi) is 5.05. The second-order valence-corrected chi connectivity index (χ2v) is 3.94. The molecule has 1 aliphatic rings. The highest BCUT2D eigenvalue weighted by atomic mass is 16.7. The predicted octanol–water partition coefficient (Wildman–Crippen LogP) is 1.87. The lowest BCUT2D eigenvalue weighted by Crippen LogP contribution is -2.41. The number of hydrogen-bond donors (Lipinski definition) is 0. The van der Waals surface area contributed by atoms with Gasteiger partial charge in [-0.05, 0) is 20.3 Å². The summed E-state index contributed by atoms with van der Waals surface area (Å²) in [4.78, 5) is 11.2. The second-order valence-electron chi connectivity index (χ2n) is 3.94. The molecule has 4 heteroatoms. The molecule has 0 amide bonds. The summed E-state index contributed by atoms with van der Waals surface area (Å²) in [7, 11) is 0. The molecule has 0 radical (unpaired) electrons. The summed E-state index contributed by atoms with van der Waals surface area (Å²) in [5, 5.41) is 0. The van der Waals surface area contributed by atoms with Crippen molar-refractivity contribution in [3.05, 3.63) is 0 Å². The molecule has 1 heterocycles. The highest BCUT2D eigenvalue weighted by Gasteiger charge is 2.30. The minimum atomic E-state index is -0.543. The second kappa shape index (κ2) is 6.08. The molecular weight excluding hydrogens is 196 g/mol. The van der Waals surface area contributed by atoms with Crippen molar-refractivity contribution in [1.82, 2.24) is 0 Å². The van der Waals surface area contributed by atoms with E-state index < -0.39 is 6.29 Å². The van der Waals surface area contributed by atoms with Gasteiger partial charge in [-0.15, -0.1) is 0 Å². The van der Waals surface area contributed by atoms with E-state index in [9.17, 15) is 4.79 Å². The van der Waals surface area contributed by atoms with E-state index in [0.29, 0.717) is 13.0 Å². The van der Waals surface area contributed by atoms with Crippen molar-refractivity contribution in [3.8, 4) is 0 Å². The standard InChI is InChI=1S/C11H20O4/c1-4-5-6-13-9(3)11-14-8(2)7-10(12)15-11/h8-9,11H,4-7H2,1-3H3/t8-,9?,11-/m1/s1. The molecule has 1 aliphatic heterocycles. The quantitative estimate of drug-likeness (QED) is 0.520. The first kappa shape index (κ1) is 12.5. The van der Waals surface area contributed by atoms with Gasteiger partial charge in [-0.1, -0.05) is 13.3 Å². The average Bonchev–Trinajstić information content (AvgIpc) is 2.16. The molecule has 0 spiro atoms. The van der Waals surface area contributed by atoms with Crippen LogP contribution in [0.2, 0.25) is 0 Å². The maximum absolute atomic E-state index is 11.2. The zero-order valence-electron chi connectivity index (χ0n) is 9.69. The van der Waals surface area contributed by atoms with Crippen molar-refractivity contribution >= 4 is 5.97 Å². The van der Waals surface area contributed by atoms with Crippen molar-refractivity contribution in [2.24, 2.45) is 0 Å². The van der Waals surface area contributed by atoms with Crippen LogP contribution in [0.25, 0.3) is 0 Å². The Balaban J connectivity index is 2.31. The number of carbonyl (C=O) groups is 1. The summed E-state index contributed by atoms with van der Waals surface area (Å²) in [5.74, 6) is -0.204. The molecule has 1 fully saturated rings. The van der Waals surface area contributed by atoms with Crippen molar-refractivity contribution in [2.45, 2.75) is 58.5 Å². The zero-order valence-corrected chi connectivity index (χ0v) is 9.69. The lowest BCUT2D eigenvalue weighted by atomic mass is 10.2. The first-order valence-corrected chi connectivity index (χ1v) is 5.60. The largest absolute Gasteiger partial charge is 0.433 e. The van der Waals surface area contributed by atoms with Crippen molar-refractivity contribution in [1.29, 1.82) is 0 Å². The summed E-state index contributed by atoms with van der Waals surface area (Å²) in [6.07, 6.45) is 1.63. The van der Waals surface area contributed by atoms with Crippen LogP contribution in [0.1, 0.15) is 40.0 Å². The SMILES string of the molecule is CCCCOC(C)[C@H]1OC(=O)C[C@@H](C)O1. The van der Waals surface area contributed by atoms with Gasteiger partial charge in [0.1, 0.15) is 6.10 Å². The topological polar surface area (TPSA) is 44.8 Å². The lowest BCUT2D eigenvalue weighted by molar-refractivity contribution is -0.242. The maximum Gasteiger partial charge on any atom is 0.310 e. The summed E-state index contributed by atoms with van der Waals surface area (Å²) in [5.41, 5.74) is 0. The van der Waals surface area contributed by atoms with Crippen molar-refractivity contribution in [2.75, 3.05) is 6.61 Å². The van der Waals surface area contributed by atoms with Gasteiger partial charge in [-0.25, -0.2) is 0 Å².